The van der Waals surface area contributed by atoms with Crippen LogP contribution in [-0.2, 0) is 28.1 Å². The Morgan fingerprint density at radius 1 is 1.33 bits per heavy atom. The molecule has 1 fully saturated rings. The van der Waals surface area contributed by atoms with Gasteiger partial charge in [0.15, 0.2) is 0 Å². The van der Waals surface area contributed by atoms with Crippen molar-refractivity contribution in [3.8, 4) is 10.6 Å². The zero-order valence-corrected chi connectivity index (χ0v) is 17.8. The Kier molecular flexibility index (Phi) is 4.83. The van der Waals surface area contributed by atoms with Gasteiger partial charge < -0.3 is 19.9 Å². The quantitative estimate of drug-likeness (QED) is 0.700. The van der Waals surface area contributed by atoms with E-state index < -0.39 is 0 Å². The van der Waals surface area contributed by atoms with E-state index in [2.05, 4.69) is 16.0 Å². The second-order valence-electron chi connectivity index (χ2n) is 7.97. The van der Waals surface area contributed by atoms with Gasteiger partial charge in [-0.3, -0.25) is 4.79 Å². The number of carbonyl (C=O) groups excluding carboxylic acids is 1. The molecule has 3 aromatic rings. The molecular weight excluding hydrogens is 398 g/mol. The van der Waals surface area contributed by atoms with E-state index >= 15 is 0 Å². The maximum Gasteiger partial charge on any atom is 0.242 e. The number of imidazole rings is 1. The molecule has 0 atom stereocenters. The summed E-state index contributed by atoms with van der Waals surface area (Å²) in [6, 6.07) is 7.97. The van der Waals surface area contributed by atoms with Gasteiger partial charge in [-0.25, -0.2) is 9.97 Å². The molecule has 1 saturated heterocycles. The van der Waals surface area contributed by atoms with Crippen LogP contribution in [0.15, 0.2) is 36.7 Å². The second-order valence-corrected chi connectivity index (χ2v) is 9.11. The fourth-order valence-corrected chi connectivity index (χ4v) is 5.68. The highest BCUT2D eigenvalue weighted by molar-refractivity contribution is 7.15. The first-order chi connectivity index (χ1) is 14.5. The van der Waals surface area contributed by atoms with Crippen molar-refractivity contribution in [1.82, 2.24) is 19.4 Å². The highest BCUT2D eigenvalue weighted by Gasteiger charge is 2.42. The third-order valence-electron chi connectivity index (χ3n) is 6.18. The zero-order chi connectivity index (χ0) is 20.7. The number of anilines is 1. The molecule has 1 spiro atoms. The highest BCUT2D eigenvalue weighted by atomic mass is 32.1. The van der Waals surface area contributed by atoms with Gasteiger partial charge in [-0.05, 0) is 43.5 Å². The SMILES string of the molecule is Cc1nccn1CC(=O)N1CCC2(CC1)OCCc1sc(-c3cccc(N)n3)cc12. The zero-order valence-electron chi connectivity index (χ0n) is 17.0. The molecule has 0 radical (unpaired) electrons. The van der Waals surface area contributed by atoms with Crippen molar-refractivity contribution in [3.05, 3.63) is 52.9 Å². The third-order valence-corrected chi connectivity index (χ3v) is 7.40. The molecule has 0 aromatic carbocycles. The monoisotopic (exact) mass is 423 g/mol. The topological polar surface area (TPSA) is 86.3 Å². The summed E-state index contributed by atoms with van der Waals surface area (Å²) in [4.78, 5) is 25.9. The van der Waals surface area contributed by atoms with Crippen LogP contribution in [0.25, 0.3) is 10.6 Å². The van der Waals surface area contributed by atoms with Crippen LogP contribution in [0.2, 0.25) is 0 Å². The fourth-order valence-electron chi connectivity index (χ4n) is 4.48. The van der Waals surface area contributed by atoms with Crippen molar-refractivity contribution in [2.45, 2.75) is 38.3 Å². The summed E-state index contributed by atoms with van der Waals surface area (Å²) in [5.41, 5.74) is 7.76. The third kappa shape index (κ3) is 3.40. The van der Waals surface area contributed by atoms with Crippen molar-refractivity contribution >= 4 is 23.1 Å². The first-order valence-corrected chi connectivity index (χ1v) is 11.1. The van der Waals surface area contributed by atoms with Crippen molar-refractivity contribution in [2.24, 2.45) is 0 Å². The van der Waals surface area contributed by atoms with Gasteiger partial charge in [0.05, 0.1) is 22.8 Å². The highest BCUT2D eigenvalue weighted by Crippen LogP contribution is 2.46. The lowest BCUT2D eigenvalue weighted by molar-refractivity contribution is -0.141. The predicted molar refractivity (Wildman–Crippen MR) is 116 cm³/mol. The second kappa shape index (κ2) is 7.52. The Bertz CT molecular complexity index is 1080. The fraction of sp³-hybridized carbons (Fsp3) is 0.409. The number of carbonyl (C=O) groups is 1. The van der Waals surface area contributed by atoms with E-state index in [1.54, 1.807) is 23.6 Å². The van der Waals surface area contributed by atoms with E-state index in [9.17, 15) is 4.79 Å². The molecule has 0 saturated carbocycles. The Labute approximate surface area is 179 Å². The van der Waals surface area contributed by atoms with Crippen LogP contribution in [0.4, 0.5) is 5.82 Å². The number of hydrogen-bond donors (Lipinski definition) is 1. The number of pyridine rings is 1. The number of fused-ring (bicyclic) bond motifs is 2. The lowest BCUT2D eigenvalue weighted by Crippen LogP contribution is -2.48. The number of likely N-dealkylation sites (tertiary alicyclic amines) is 1. The number of nitrogen functional groups attached to an aromatic ring is 1. The van der Waals surface area contributed by atoms with Gasteiger partial charge in [0.1, 0.15) is 18.2 Å². The molecule has 1 amide bonds. The van der Waals surface area contributed by atoms with Gasteiger partial charge in [0, 0.05) is 36.8 Å². The van der Waals surface area contributed by atoms with Crippen molar-refractivity contribution in [1.29, 1.82) is 0 Å². The van der Waals surface area contributed by atoms with Crippen molar-refractivity contribution in [2.75, 3.05) is 25.4 Å². The van der Waals surface area contributed by atoms with E-state index in [4.69, 9.17) is 10.5 Å². The van der Waals surface area contributed by atoms with Crippen LogP contribution in [-0.4, -0.2) is 45.0 Å². The molecular formula is C22H25N5O2S. The van der Waals surface area contributed by atoms with E-state index in [-0.39, 0.29) is 11.5 Å². The maximum atomic E-state index is 12.8. The van der Waals surface area contributed by atoms with Crippen LogP contribution in [0.5, 0.6) is 0 Å². The standard InChI is InChI=1S/C22H25N5O2S/c1-15-24-8-11-27(15)14-21(28)26-9-6-22(7-10-26)16-13-19(30-18(16)5-12-29-22)17-3-2-4-20(23)25-17/h2-4,8,11,13H,5-7,9-10,12,14H2,1H3,(H2,23,25). The van der Waals surface area contributed by atoms with E-state index in [0.717, 1.165) is 42.3 Å². The van der Waals surface area contributed by atoms with Gasteiger partial charge >= 0.3 is 0 Å². The van der Waals surface area contributed by atoms with Gasteiger partial charge in [0.25, 0.3) is 0 Å². The van der Waals surface area contributed by atoms with Crippen LogP contribution >= 0.6 is 11.3 Å². The van der Waals surface area contributed by atoms with Gasteiger partial charge in [0.2, 0.25) is 5.91 Å². The number of rotatable bonds is 3. The molecule has 5 rings (SSSR count). The summed E-state index contributed by atoms with van der Waals surface area (Å²) < 4.78 is 8.26. The minimum Gasteiger partial charge on any atom is -0.384 e. The molecule has 2 aliphatic heterocycles. The number of nitrogens with two attached hydrogens (primary N) is 1. The molecule has 3 aromatic heterocycles. The molecule has 0 aliphatic carbocycles. The normalized spacial score (nSPS) is 17.8. The first-order valence-electron chi connectivity index (χ1n) is 10.3. The first kappa shape index (κ1) is 19.3. The van der Waals surface area contributed by atoms with Gasteiger partial charge in [-0.15, -0.1) is 11.3 Å². The minimum atomic E-state index is -0.301. The molecule has 30 heavy (non-hydrogen) atoms. The van der Waals surface area contributed by atoms with Crippen LogP contribution < -0.4 is 5.73 Å². The molecule has 5 heterocycles. The summed E-state index contributed by atoms with van der Waals surface area (Å²) in [5.74, 6) is 1.53. The number of aromatic nitrogens is 3. The predicted octanol–water partition coefficient (Wildman–Crippen LogP) is 2.99. The average Bonchev–Trinajstić information content (AvgIpc) is 3.36. The molecule has 8 heteroatoms. The van der Waals surface area contributed by atoms with E-state index in [1.807, 2.05) is 34.7 Å². The lowest BCUT2D eigenvalue weighted by atomic mass is 9.82. The number of amides is 1. The number of aryl methyl sites for hydroxylation is 1. The maximum absolute atomic E-state index is 12.8. The number of thiophene rings is 1. The molecule has 0 unspecified atom stereocenters. The van der Waals surface area contributed by atoms with Crippen LogP contribution in [0, 0.1) is 6.92 Å². The number of hydrogen-bond acceptors (Lipinski definition) is 6. The van der Waals surface area contributed by atoms with E-state index in [1.165, 1.54) is 10.4 Å². The number of piperidine rings is 1. The minimum absolute atomic E-state index is 0.136. The molecule has 2 aliphatic rings. The average molecular weight is 424 g/mol. The molecule has 156 valence electrons. The Morgan fingerprint density at radius 3 is 2.90 bits per heavy atom. The van der Waals surface area contributed by atoms with Gasteiger partial charge in [-0.2, -0.15) is 0 Å². The Balaban J connectivity index is 1.34. The van der Waals surface area contributed by atoms with E-state index in [0.29, 0.717) is 25.5 Å². The lowest BCUT2D eigenvalue weighted by Gasteiger charge is -2.44. The molecule has 7 nitrogen and oxygen atoms in total. The molecule has 0 bridgehead atoms. The Hall–Kier alpha value is -2.71. The number of nitrogens with zero attached hydrogens (tertiary/aromatic N) is 4. The molecule has 2 N–H and O–H groups in total. The largest absolute Gasteiger partial charge is 0.384 e. The summed E-state index contributed by atoms with van der Waals surface area (Å²) >= 11 is 1.79. The Morgan fingerprint density at radius 2 is 2.17 bits per heavy atom. The van der Waals surface area contributed by atoms with Crippen molar-refractivity contribution < 1.29 is 9.53 Å². The summed E-state index contributed by atoms with van der Waals surface area (Å²) in [5, 5.41) is 0. The van der Waals surface area contributed by atoms with Crippen LogP contribution in [0.1, 0.15) is 29.1 Å². The van der Waals surface area contributed by atoms with Gasteiger partial charge in [-0.1, -0.05) is 6.07 Å². The summed E-state index contributed by atoms with van der Waals surface area (Å²) in [6.45, 7) is 4.38. The number of ether oxygens (including phenoxy) is 1. The van der Waals surface area contributed by atoms with Crippen molar-refractivity contribution in [3.63, 3.8) is 0 Å². The summed E-state index contributed by atoms with van der Waals surface area (Å²) in [7, 11) is 0. The smallest absolute Gasteiger partial charge is 0.242 e. The van der Waals surface area contributed by atoms with Crippen LogP contribution in [0.3, 0.4) is 0 Å². The summed E-state index contributed by atoms with van der Waals surface area (Å²) in [6.07, 6.45) is 6.14.